The Morgan fingerprint density at radius 3 is 0.696 bits per heavy atom. The fourth-order valence-corrected chi connectivity index (χ4v) is 5.03. The largest absolute Gasteiger partial charge is 2.00 e. The number of hydrogen-bond acceptors (Lipinski definition) is 14. The SMILES string of the molecule is Cc1ccncc1.Cc1ccncc1.Cc1ccncc1.Cc1ccncc1.Cc1ccncc1.Cc1ccncc1.ClCCl.ClCCl.O.O=C([O-])c1ccc2cccc([O-])c2n1.O=C([O-])c1ccc2cccc([O-])c2n1.[Ru+2].[Ru+2]. The number of hydrogen-bond donors (Lipinski definition) is 0. The molecule has 2 N–H and O–H groups in total. The molecule has 416 valence electrons. The van der Waals surface area contributed by atoms with Crippen molar-refractivity contribution < 1.29 is 74.4 Å². The van der Waals surface area contributed by atoms with Crippen LogP contribution in [-0.4, -0.2) is 68.0 Å². The van der Waals surface area contributed by atoms with Crippen molar-refractivity contribution in [3.63, 3.8) is 0 Å². The molecule has 0 radical (unpaired) electrons. The van der Waals surface area contributed by atoms with Crippen LogP contribution in [0.15, 0.2) is 208 Å². The van der Waals surface area contributed by atoms with Gasteiger partial charge in [-0.15, -0.1) is 46.4 Å². The summed E-state index contributed by atoms with van der Waals surface area (Å²) < 4.78 is 0. The van der Waals surface area contributed by atoms with E-state index in [0.717, 1.165) is 0 Å². The minimum atomic E-state index is -1.38. The fraction of sp³-hybridized carbons (Fsp3) is 0.138. The Hall–Kier alpha value is -6.93. The number of benzene rings is 2. The first-order valence-corrected chi connectivity index (χ1v) is 24.7. The average Bonchev–Trinajstić information content (AvgIpc) is 3.43. The molecule has 0 saturated carbocycles. The Morgan fingerprint density at radius 2 is 0.544 bits per heavy atom. The van der Waals surface area contributed by atoms with E-state index in [9.17, 15) is 30.0 Å². The molecule has 10 aromatic rings. The molecule has 79 heavy (non-hydrogen) atoms. The van der Waals surface area contributed by atoms with Gasteiger partial charge in [-0.2, -0.15) is 0 Å². The van der Waals surface area contributed by atoms with Gasteiger partial charge >= 0.3 is 39.0 Å². The number of carbonyl (C=O) groups excluding carboxylic acids is 2. The van der Waals surface area contributed by atoms with Crippen molar-refractivity contribution in [1.82, 2.24) is 39.9 Å². The summed E-state index contributed by atoms with van der Waals surface area (Å²) >= 11 is 19.1. The number of aromatic nitrogens is 8. The molecule has 0 unspecified atom stereocenters. The number of rotatable bonds is 2. The molecule has 21 heteroatoms. The summed E-state index contributed by atoms with van der Waals surface area (Å²) in [6.07, 6.45) is 21.4. The Labute approximate surface area is 507 Å². The van der Waals surface area contributed by atoms with E-state index in [-0.39, 0.29) is 89.0 Å². The van der Waals surface area contributed by atoms with E-state index in [1.54, 1.807) is 98.6 Å². The molecule has 0 amide bonds. The second-order valence-electron chi connectivity index (χ2n) is 15.0. The van der Waals surface area contributed by atoms with Crippen LogP contribution in [-0.2, 0) is 39.0 Å². The maximum absolute atomic E-state index is 11.3. The zero-order chi connectivity index (χ0) is 56.4. The molecule has 10 rings (SSSR count). The van der Waals surface area contributed by atoms with Crippen molar-refractivity contribution in [3.8, 4) is 11.5 Å². The zero-order valence-electron chi connectivity index (χ0n) is 43.8. The Kier molecular flexibility index (Phi) is 46.6. The summed E-state index contributed by atoms with van der Waals surface area (Å²) in [5, 5.41) is 45.2. The second kappa shape index (κ2) is 48.2. The van der Waals surface area contributed by atoms with Gasteiger partial charge in [-0.05, 0) is 171 Å². The summed E-state index contributed by atoms with van der Waals surface area (Å²) in [6.45, 7) is 12.3. The number of carboxylic acids is 2. The van der Waals surface area contributed by atoms with E-state index in [2.05, 4.69) is 39.9 Å². The number of halogens is 4. The normalized spacial score (nSPS) is 8.73. The molecule has 8 heterocycles. The molecule has 0 aliphatic heterocycles. The van der Waals surface area contributed by atoms with Crippen LogP contribution >= 0.6 is 46.4 Å². The van der Waals surface area contributed by atoms with Gasteiger partial charge in [0.05, 0.1) is 45.0 Å². The number of carboxylic acid groups (broad SMARTS) is 2. The van der Waals surface area contributed by atoms with Gasteiger partial charge in [-0.1, -0.05) is 60.0 Å². The van der Waals surface area contributed by atoms with E-state index >= 15 is 0 Å². The summed E-state index contributed by atoms with van der Waals surface area (Å²) in [6, 6.07) is 38.7. The third-order valence-corrected chi connectivity index (χ3v) is 8.87. The zero-order valence-corrected chi connectivity index (χ0v) is 50.3. The number of carbonyl (C=O) groups is 2. The minimum absolute atomic E-state index is 0. The van der Waals surface area contributed by atoms with Crippen LogP contribution in [0.4, 0.5) is 0 Å². The van der Waals surface area contributed by atoms with Gasteiger partial charge in [0.1, 0.15) is 0 Å². The van der Waals surface area contributed by atoms with Crippen LogP contribution in [0.2, 0.25) is 0 Å². The molecule has 0 aliphatic rings. The van der Waals surface area contributed by atoms with E-state index in [0.29, 0.717) is 10.8 Å². The molecular weight excluding hydrogens is 1260 g/mol. The van der Waals surface area contributed by atoms with Gasteiger partial charge in [0.15, 0.2) is 0 Å². The summed E-state index contributed by atoms with van der Waals surface area (Å²) in [4.78, 5) is 51.4. The molecule has 8 aromatic heterocycles. The molecule has 15 nitrogen and oxygen atoms in total. The van der Waals surface area contributed by atoms with Gasteiger partial charge in [0.25, 0.3) is 0 Å². The van der Waals surface area contributed by atoms with E-state index in [1.165, 1.54) is 69.8 Å². The predicted octanol–water partition coefficient (Wildman–Crippen LogP) is 9.70. The number of para-hydroxylation sites is 2. The summed E-state index contributed by atoms with van der Waals surface area (Å²) in [5.41, 5.74) is 7.44. The van der Waals surface area contributed by atoms with E-state index in [1.807, 2.05) is 114 Å². The third kappa shape index (κ3) is 37.5. The first kappa shape index (κ1) is 76.3. The van der Waals surface area contributed by atoms with Crippen LogP contribution in [0.25, 0.3) is 21.8 Å². The van der Waals surface area contributed by atoms with Crippen molar-refractivity contribution in [1.29, 1.82) is 0 Å². The molecule has 0 atom stereocenters. The molecule has 0 saturated heterocycles. The average molecular weight is 1320 g/mol. The number of aryl methyl sites for hydroxylation is 6. The topological polar surface area (TPSA) is 261 Å². The van der Waals surface area contributed by atoms with E-state index in [4.69, 9.17) is 46.4 Å². The van der Waals surface area contributed by atoms with Crippen molar-refractivity contribution in [2.24, 2.45) is 0 Å². The standard InChI is InChI=1S/2C10H7NO3.6C6H7N.2CH2Cl2.H2O.2Ru/c2*12-8-3-1-2-6-4-5-7(10(13)14)11-9(6)8;6*1-6-2-4-7-5-3-6;2*2-1-3;;;/h2*1-5,12H,(H,13,14);6*2-5H,1H3;2*1H2;1H2;;/q;;;;;;;;;;;2*+2/p-4. The van der Waals surface area contributed by atoms with Gasteiger partial charge in [-0.25, -0.2) is 9.97 Å². The minimum Gasteiger partial charge on any atom is -0.871 e. The van der Waals surface area contributed by atoms with Crippen LogP contribution in [0.3, 0.4) is 0 Å². The van der Waals surface area contributed by atoms with E-state index < -0.39 is 11.9 Å². The number of alkyl halides is 4. The summed E-state index contributed by atoms with van der Waals surface area (Å²) in [5.74, 6) is -3.33. The van der Waals surface area contributed by atoms with Gasteiger partial charge in [0.2, 0.25) is 0 Å². The predicted molar refractivity (Wildman–Crippen MR) is 302 cm³/mol. The molecule has 2 aromatic carbocycles. The molecular formula is C58H58Cl4N8O7Ru2. The summed E-state index contributed by atoms with van der Waals surface area (Å²) in [7, 11) is 0. The van der Waals surface area contributed by atoms with Crippen LogP contribution in [0.1, 0.15) is 54.4 Å². The monoisotopic (exact) mass is 1320 g/mol. The van der Waals surface area contributed by atoms with Crippen molar-refractivity contribution >= 4 is 80.1 Å². The van der Waals surface area contributed by atoms with Gasteiger partial charge in [-0.3, -0.25) is 29.9 Å². The quantitative estimate of drug-likeness (QED) is 0.115. The van der Waals surface area contributed by atoms with Crippen molar-refractivity contribution in [2.45, 2.75) is 41.5 Å². The van der Waals surface area contributed by atoms with Crippen molar-refractivity contribution in [3.05, 3.63) is 253 Å². The van der Waals surface area contributed by atoms with Crippen LogP contribution in [0, 0.1) is 41.5 Å². The van der Waals surface area contributed by atoms with Gasteiger partial charge in [0, 0.05) is 74.4 Å². The fourth-order valence-electron chi connectivity index (χ4n) is 5.03. The Bertz CT molecular complexity index is 2700. The first-order valence-electron chi connectivity index (χ1n) is 22.6. The second-order valence-corrected chi connectivity index (χ2v) is 16.6. The molecule has 0 bridgehead atoms. The van der Waals surface area contributed by atoms with Crippen LogP contribution in [0.5, 0.6) is 11.5 Å². The molecule has 0 fully saturated rings. The maximum Gasteiger partial charge on any atom is 2.00 e. The first-order chi connectivity index (χ1) is 36.6. The number of pyridine rings is 8. The molecule has 0 aliphatic carbocycles. The maximum atomic E-state index is 11.3. The Morgan fingerprint density at radius 1 is 0.354 bits per heavy atom. The number of aromatic carboxylic acids is 2. The third-order valence-electron chi connectivity index (χ3n) is 8.87. The molecule has 0 spiro atoms. The van der Waals surface area contributed by atoms with Crippen molar-refractivity contribution in [2.75, 3.05) is 10.7 Å². The number of nitrogens with zero attached hydrogens (tertiary/aromatic N) is 8. The van der Waals surface area contributed by atoms with Crippen LogP contribution < -0.4 is 20.4 Å². The van der Waals surface area contributed by atoms with Gasteiger partial charge < -0.3 is 35.5 Å². The smallest absolute Gasteiger partial charge is 0.871 e. The number of fused-ring (bicyclic) bond motifs is 2. The Balaban J connectivity index is -0.000000834.